The average molecular weight is 416 g/mol. The molecule has 2 amide bonds. The highest BCUT2D eigenvalue weighted by Gasteiger charge is 2.34. The first kappa shape index (κ1) is 22.4. The predicted molar refractivity (Wildman–Crippen MR) is 95.0 cm³/mol. The molecule has 1 saturated heterocycles. The third-order valence-corrected chi connectivity index (χ3v) is 4.65. The van der Waals surface area contributed by atoms with Gasteiger partial charge in [-0.15, -0.1) is 0 Å². The molecule has 1 aliphatic rings. The lowest BCUT2D eigenvalue weighted by Crippen LogP contribution is -2.46. The van der Waals surface area contributed by atoms with Crippen molar-refractivity contribution >= 4 is 23.9 Å². The summed E-state index contributed by atoms with van der Waals surface area (Å²) in [6.45, 7) is 1.78. The number of nitrogens with zero attached hydrogens (tertiary/aromatic N) is 1. The van der Waals surface area contributed by atoms with Crippen LogP contribution in [0.1, 0.15) is 30.9 Å². The van der Waals surface area contributed by atoms with Crippen LogP contribution in [0.25, 0.3) is 6.08 Å². The molecule has 1 aliphatic heterocycles. The molecule has 0 bridgehead atoms. The molecule has 1 aromatic rings. The van der Waals surface area contributed by atoms with Gasteiger partial charge in [-0.3, -0.25) is 14.4 Å². The number of hydrogen-bond acceptors (Lipinski definition) is 3. The molecular formula is C19H20F4N2O4. The molecule has 0 radical (unpaired) electrons. The van der Waals surface area contributed by atoms with E-state index in [1.54, 1.807) is 0 Å². The van der Waals surface area contributed by atoms with E-state index in [4.69, 9.17) is 5.11 Å². The van der Waals surface area contributed by atoms with Gasteiger partial charge in [0, 0.05) is 30.6 Å². The summed E-state index contributed by atoms with van der Waals surface area (Å²) in [6.07, 6.45) is -2.23. The number of amides is 2. The molecule has 10 heteroatoms. The Morgan fingerprint density at radius 3 is 2.41 bits per heavy atom. The first-order valence-electron chi connectivity index (χ1n) is 8.86. The van der Waals surface area contributed by atoms with Gasteiger partial charge in [0.2, 0.25) is 11.8 Å². The molecule has 0 aromatic heterocycles. The molecule has 1 atom stereocenters. The minimum absolute atomic E-state index is 0.216. The van der Waals surface area contributed by atoms with Crippen molar-refractivity contribution in [2.75, 3.05) is 13.1 Å². The molecule has 2 rings (SSSR count). The molecular weight excluding hydrogens is 396 g/mol. The molecule has 0 saturated carbocycles. The van der Waals surface area contributed by atoms with Gasteiger partial charge in [-0.1, -0.05) is 12.1 Å². The lowest BCUT2D eigenvalue weighted by Gasteiger charge is -2.31. The Labute approximate surface area is 164 Å². The number of carboxylic acid groups (broad SMARTS) is 1. The zero-order chi connectivity index (χ0) is 21.8. The zero-order valence-electron chi connectivity index (χ0n) is 15.5. The average Bonchev–Trinajstić information content (AvgIpc) is 2.66. The van der Waals surface area contributed by atoms with Crippen molar-refractivity contribution in [3.63, 3.8) is 0 Å². The quantitative estimate of drug-likeness (QED) is 0.571. The molecule has 1 aromatic carbocycles. The maximum Gasteiger partial charge on any atom is 0.419 e. The number of nitrogens with one attached hydrogen (secondary N) is 1. The van der Waals surface area contributed by atoms with E-state index in [2.05, 4.69) is 5.32 Å². The monoisotopic (exact) mass is 416 g/mol. The van der Waals surface area contributed by atoms with Gasteiger partial charge in [-0.2, -0.15) is 13.2 Å². The maximum atomic E-state index is 14.0. The lowest BCUT2D eigenvalue weighted by molar-refractivity contribution is -0.142. The van der Waals surface area contributed by atoms with E-state index < -0.39 is 47.3 Å². The van der Waals surface area contributed by atoms with E-state index in [1.165, 1.54) is 11.8 Å². The summed E-state index contributed by atoms with van der Waals surface area (Å²) in [5.41, 5.74) is -1.76. The Kier molecular flexibility index (Phi) is 6.99. The van der Waals surface area contributed by atoms with Crippen LogP contribution < -0.4 is 5.32 Å². The number of carbonyl (C=O) groups is 3. The Morgan fingerprint density at radius 1 is 1.24 bits per heavy atom. The van der Waals surface area contributed by atoms with Crippen LogP contribution in [-0.2, 0) is 20.6 Å². The Balaban J connectivity index is 1.95. The largest absolute Gasteiger partial charge is 0.480 e. The van der Waals surface area contributed by atoms with Crippen LogP contribution in [-0.4, -0.2) is 46.9 Å². The third-order valence-electron chi connectivity index (χ3n) is 4.65. The van der Waals surface area contributed by atoms with Gasteiger partial charge in [0.1, 0.15) is 11.9 Å². The van der Waals surface area contributed by atoms with Crippen LogP contribution in [0, 0.1) is 11.7 Å². The number of halogens is 4. The fourth-order valence-electron chi connectivity index (χ4n) is 2.92. The number of benzene rings is 1. The van der Waals surface area contributed by atoms with Crippen LogP contribution in [0.4, 0.5) is 17.6 Å². The van der Waals surface area contributed by atoms with E-state index >= 15 is 0 Å². The van der Waals surface area contributed by atoms with Crippen LogP contribution in [0.15, 0.2) is 24.3 Å². The van der Waals surface area contributed by atoms with E-state index in [-0.39, 0.29) is 18.7 Å². The maximum absolute atomic E-state index is 14.0. The SMILES string of the molecule is CC(NC(=O)C1CCN(C(=O)C=Cc2cccc(C(F)(F)F)c2F)CC1)C(=O)O. The van der Waals surface area contributed by atoms with Gasteiger partial charge in [0.05, 0.1) is 5.56 Å². The molecule has 29 heavy (non-hydrogen) atoms. The minimum Gasteiger partial charge on any atom is -0.480 e. The summed E-state index contributed by atoms with van der Waals surface area (Å²) in [4.78, 5) is 36.4. The van der Waals surface area contributed by atoms with Crippen molar-refractivity contribution in [2.24, 2.45) is 5.92 Å². The second-order valence-corrected chi connectivity index (χ2v) is 6.71. The molecule has 1 unspecified atom stereocenters. The Morgan fingerprint density at radius 2 is 1.86 bits per heavy atom. The van der Waals surface area contributed by atoms with Crippen molar-refractivity contribution in [2.45, 2.75) is 32.0 Å². The Hall–Kier alpha value is -2.91. The van der Waals surface area contributed by atoms with Gasteiger partial charge >= 0.3 is 12.1 Å². The number of carbonyl (C=O) groups excluding carboxylic acids is 2. The van der Waals surface area contributed by atoms with Crippen molar-refractivity contribution in [1.82, 2.24) is 10.2 Å². The van der Waals surface area contributed by atoms with Crippen molar-refractivity contribution in [3.05, 3.63) is 41.2 Å². The molecule has 0 spiro atoms. The first-order chi connectivity index (χ1) is 13.5. The highest BCUT2D eigenvalue weighted by molar-refractivity contribution is 5.92. The predicted octanol–water partition coefficient (Wildman–Crippen LogP) is 2.69. The van der Waals surface area contributed by atoms with Gasteiger partial charge in [0.15, 0.2) is 0 Å². The van der Waals surface area contributed by atoms with Gasteiger partial charge in [0.25, 0.3) is 0 Å². The summed E-state index contributed by atoms with van der Waals surface area (Å²) in [5, 5.41) is 11.2. The number of likely N-dealkylation sites (tertiary alicyclic amines) is 1. The number of piperidine rings is 1. The molecule has 1 heterocycles. The highest BCUT2D eigenvalue weighted by atomic mass is 19.4. The standard InChI is InChI=1S/C19H20F4N2O4/c1-11(18(28)29)24-17(27)13-7-9-25(10-8-13)15(26)6-5-12-3-2-4-14(16(12)20)19(21,22)23/h2-6,11,13H,7-10H2,1H3,(H,24,27)(H,28,29). The van der Waals surface area contributed by atoms with Crippen LogP contribution in [0.5, 0.6) is 0 Å². The van der Waals surface area contributed by atoms with Gasteiger partial charge < -0.3 is 15.3 Å². The number of carboxylic acids is 1. The van der Waals surface area contributed by atoms with Crippen LogP contribution in [0.2, 0.25) is 0 Å². The minimum atomic E-state index is -4.83. The number of rotatable bonds is 5. The normalized spacial score (nSPS) is 16.7. The summed E-state index contributed by atoms with van der Waals surface area (Å²) in [5.74, 6) is -3.97. The van der Waals surface area contributed by atoms with E-state index in [1.807, 2.05) is 0 Å². The van der Waals surface area contributed by atoms with E-state index in [0.29, 0.717) is 18.9 Å². The lowest BCUT2D eigenvalue weighted by atomic mass is 9.95. The van der Waals surface area contributed by atoms with Gasteiger partial charge in [-0.25, -0.2) is 4.39 Å². The molecule has 2 N–H and O–H groups in total. The Bertz CT molecular complexity index is 815. The second-order valence-electron chi connectivity index (χ2n) is 6.71. The van der Waals surface area contributed by atoms with Gasteiger partial charge in [-0.05, 0) is 31.9 Å². The zero-order valence-corrected chi connectivity index (χ0v) is 15.5. The fraction of sp³-hybridized carbons (Fsp3) is 0.421. The number of hydrogen-bond donors (Lipinski definition) is 2. The second kappa shape index (κ2) is 9.06. The molecule has 158 valence electrons. The third kappa shape index (κ3) is 5.78. The van der Waals surface area contributed by atoms with E-state index in [9.17, 15) is 31.9 Å². The highest BCUT2D eigenvalue weighted by Crippen LogP contribution is 2.32. The summed E-state index contributed by atoms with van der Waals surface area (Å²) in [7, 11) is 0. The van der Waals surface area contributed by atoms with E-state index in [0.717, 1.165) is 24.3 Å². The molecule has 1 fully saturated rings. The van der Waals surface area contributed by atoms with Crippen molar-refractivity contribution < 1.29 is 37.1 Å². The first-order valence-corrected chi connectivity index (χ1v) is 8.86. The van der Waals surface area contributed by atoms with Crippen molar-refractivity contribution in [1.29, 1.82) is 0 Å². The molecule has 6 nitrogen and oxygen atoms in total. The summed E-state index contributed by atoms with van der Waals surface area (Å²) < 4.78 is 52.2. The summed E-state index contributed by atoms with van der Waals surface area (Å²) in [6, 6.07) is 1.79. The topological polar surface area (TPSA) is 86.7 Å². The fourth-order valence-corrected chi connectivity index (χ4v) is 2.92. The number of aliphatic carboxylic acids is 1. The molecule has 0 aliphatic carbocycles. The van der Waals surface area contributed by atoms with Crippen LogP contribution in [0.3, 0.4) is 0 Å². The summed E-state index contributed by atoms with van der Waals surface area (Å²) >= 11 is 0. The van der Waals surface area contributed by atoms with Crippen molar-refractivity contribution in [3.8, 4) is 0 Å². The smallest absolute Gasteiger partial charge is 0.419 e. The number of alkyl halides is 3. The van der Waals surface area contributed by atoms with Crippen LogP contribution >= 0.6 is 0 Å².